The Bertz CT molecular complexity index is 779. The standard InChI is InChI=1S/C14H13N5O2/c1-19-7-6-15-13(19)12-17-14(21-18-12)11-8-16-9-4-2-3-5-10(9)20-11/h2-7,11,16H,8H2,1H3. The van der Waals surface area contributed by atoms with Gasteiger partial charge in [-0.3, -0.25) is 0 Å². The predicted molar refractivity (Wildman–Crippen MR) is 74.8 cm³/mol. The zero-order valence-corrected chi connectivity index (χ0v) is 11.4. The van der Waals surface area contributed by atoms with E-state index in [1.807, 2.05) is 42.1 Å². The van der Waals surface area contributed by atoms with Gasteiger partial charge in [-0.15, -0.1) is 0 Å². The van der Waals surface area contributed by atoms with Crippen molar-refractivity contribution in [1.82, 2.24) is 19.7 Å². The van der Waals surface area contributed by atoms with Crippen molar-refractivity contribution in [2.45, 2.75) is 6.10 Å². The van der Waals surface area contributed by atoms with Crippen molar-refractivity contribution >= 4 is 5.69 Å². The quantitative estimate of drug-likeness (QED) is 0.775. The Hall–Kier alpha value is -2.83. The van der Waals surface area contributed by atoms with Crippen LogP contribution in [0, 0.1) is 0 Å². The van der Waals surface area contributed by atoms with E-state index >= 15 is 0 Å². The smallest absolute Gasteiger partial charge is 0.269 e. The van der Waals surface area contributed by atoms with E-state index in [0.29, 0.717) is 24.1 Å². The second-order valence-electron chi connectivity index (χ2n) is 4.80. The Morgan fingerprint density at radius 2 is 2.24 bits per heavy atom. The molecule has 4 rings (SSSR count). The van der Waals surface area contributed by atoms with Crippen molar-refractivity contribution in [2.24, 2.45) is 7.05 Å². The molecule has 0 spiro atoms. The van der Waals surface area contributed by atoms with Crippen molar-refractivity contribution in [3.63, 3.8) is 0 Å². The first-order chi connectivity index (χ1) is 10.3. The maximum absolute atomic E-state index is 5.89. The van der Waals surface area contributed by atoms with Gasteiger partial charge in [-0.25, -0.2) is 4.98 Å². The van der Waals surface area contributed by atoms with Crippen LogP contribution >= 0.6 is 0 Å². The van der Waals surface area contributed by atoms with Gasteiger partial charge in [0.05, 0.1) is 12.2 Å². The number of aromatic nitrogens is 4. The second-order valence-corrected chi connectivity index (χ2v) is 4.80. The zero-order valence-electron chi connectivity index (χ0n) is 11.4. The van der Waals surface area contributed by atoms with Crippen molar-refractivity contribution in [2.75, 3.05) is 11.9 Å². The van der Waals surface area contributed by atoms with Gasteiger partial charge in [-0.2, -0.15) is 4.98 Å². The molecular formula is C14H13N5O2. The molecule has 7 heteroatoms. The van der Waals surface area contributed by atoms with E-state index < -0.39 is 0 Å². The summed E-state index contributed by atoms with van der Waals surface area (Å²) < 4.78 is 13.0. The van der Waals surface area contributed by atoms with Gasteiger partial charge < -0.3 is 19.1 Å². The Morgan fingerprint density at radius 3 is 3.10 bits per heavy atom. The van der Waals surface area contributed by atoms with E-state index in [2.05, 4.69) is 20.4 Å². The predicted octanol–water partition coefficient (Wildman–Crippen LogP) is 2.02. The number of fused-ring (bicyclic) bond motifs is 1. The fourth-order valence-corrected chi connectivity index (χ4v) is 2.29. The lowest BCUT2D eigenvalue weighted by molar-refractivity contribution is 0.163. The van der Waals surface area contributed by atoms with Crippen molar-refractivity contribution in [1.29, 1.82) is 0 Å². The highest BCUT2D eigenvalue weighted by Gasteiger charge is 2.26. The summed E-state index contributed by atoms with van der Waals surface area (Å²) in [4.78, 5) is 8.59. The average molecular weight is 283 g/mol. The first-order valence-electron chi connectivity index (χ1n) is 6.62. The third kappa shape index (κ3) is 2.03. The summed E-state index contributed by atoms with van der Waals surface area (Å²) in [5.41, 5.74) is 0.970. The number of nitrogens with one attached hydrogen (secondary N) is 1. The van der Waals surface area contributed by atoms with E-state index in [1.165, 1.54) is 0 Å². The van der Waals surface area contributed by atoms with E-state index in [-0.39, 0.29) is 6.10 Å². The van der Waals surface area contributed by atoms with Crippen molar-refractivity contribution in [3.05, 3.63) is 42.5 Å². The van der Waals surface area contributed by atoms with Crippen LogP contribution in [0.5, 0.6) is 5.75 Å². The summed E-state index contributed by atoms with van der Waals surface area (Å²) in [6.45, 7) is 0.583. The van der Waals surface area contributed by atoms with Crippen LogP contribution in [-0.4, -0.2) is 26.2 Å². The van der Waals surface area contributed by atoms with Crippen molar-refractivity contribution in [3.8, 4) is 17.4 Å². The van der Waals surface area contributed by atoms with Gasteiger partial charge in [0.15, 0.2) is 11.9 Å². The molecule has 0 radical (unpaired) electrons. The summed E-state index contributed by atoms with van der Waals surface area (Å²) in [5, 5.41) is 7.27. The number of imidazole rings is 1. The molecule has 0 saturated heterocycles. The molecule has 3 heterocycles. The molecule has 0 amide bonds. The maximum atomic E-state index is 5.89. The number of nitrogens with zero attached hydrogens (tertiary/aromatic N) is 4. The molecule has 1 aliphatic rings. The highest BCUT2D eigenvalue weighted by atomic mass is 16.5. The third-order valence-electron chi connectivity index (χ3n) is 3.37. The Labute approximate surface area is 120 Å². The van der Waals surface area contributed by atoms with Gasteiger partial charge in [0.1, 0.15) is 5.75 Å². The first kappa shape index (κ1) is 12.0. The molecule has 1 aliphatic heterocycles. The summed E-state index contributed by atoms with van der Waals surface area (Å²) in [6.07, 6.45) is 3.22. The highest BCUT2D eigenvalue weighted by Crippen LogP contribution is 2.33. The van der Waals surface area contributed by atoms with Crippen LogP contribution < -0.4 is 10.1 Å². The molecule has 3 aromatic rings. The molecule has 106 valence electrons. The van der Waals surface area contributed by atoms with E-state index in [9.17, 15) is 0 Å². The van der Waals surface area contributed by atoms with Crippen molar-refractivity contribution < 1.29 is 9.26 Å². The molecule has 0 aliphatic carbocycles. The van der Waals surface area contributed by atoms with Crippen LogP contribution in [0.25, 0.3) is 11.6 Å². The van der Waals surface area contributed by atoms with Gasteiger partial charge >= 0.3 is 0 Å². The molecule has 0 bridgehead atoms. The minimum absolute atomic E-state index is 0.304. The average Bonchev–Trinajstić information content (AvgIpc) is 3.15. The molecule has 21 heavy (non-hydrogen) atoms. The van der Waals surface area contributed by atoms with Crippen LogP contribution in [0.3, 0.4) is 0 Å². The molecule has 7 nitrogen and oxygen atoms in total. The fraction of sp³-hybridized carbons (Fsp3) is 0.214. The molecule has 2 aromatic heterocycles. The van der Waals surface area contributed by atoms with E-state index in [1.54, 1.807) is 6.20 Å². The van der Waals surface area contributed by atoms with Gasteiger partial charge in [-0.05, 0) is 12.1 Å². The normalized spacial score (nSPS) is 16.9. The lowest BCUT2D eigenvalue weighted by atomic mass is 10.2. The third-order valence-corrected chi connectivity index (χ3v) is 3.37. The summed E-state index contributed by atoms with van der Waals surface area (Å²) in [5.74, 6) is 2.34. The van der Waals surface area contributed by atoms with Gasteiger partial charge in [-0.1, -0.05) is 17.3 Å². The number of ether oxygens (including phenoxy) is 1. The van der Waals surface area contributed by atoms with Crippen LogP contribution in [0.1, 0.15) is 12.0 Å². The summed E-state index contributed by atoms with van der Waals surface area (Å²) >= 11 is 0. The molecule has 1 atom stereocenters. The Kier molecular flexibility index (Phi) is 2.63. The number of aryl methyl sites for hydroxylation is 1. The minimum atomic E-state index is -0.304. The van der Waals surface area contributed by atoms with E-state index in [4.69, 9.17) is 9.26 Å². The van der Waals surface area contributed by atoms with E-state index in [0.717, 1.165) is 11.4 Å². The van der Waals surface area contributed by atoms with Crippen LogP contribution in [0.4, 0.5) is 5.69 Å². The molecule has 0 fully saturated rings. The highest BCUT2D eigenvalue weighted by molar-refractivity contribution is 5.57. The first-order valence-corrected chi connectivity index (χ1v) is 6.62. The second kappa shape index (κ2) is 4.62. The zero-order chi connectivity index (χ0) is 14.2. The number of anilines is 1. The fourth-order valence-electron chi connectivity index (χ4n) is 2.29. The number of rotatable bonds is 2. The van der Waals surface area contributed by atoms with Gasteiger partial charge in [0.25, 0.3) is 5.89 Å². The van der Waals surface area contributed by atoms with Crippen LogP contribution in [0.2, 0.25) is 0 Å². The number of hydrogen-bond donors (Lipinski definition) is 1. The molecule has 0 saturated carbocycles. The lowest BCUT2D eigenvalue weighted by Gasteiger charge is -2.24. The molecule has 1 N–H and O–H groups in total. The number of para-hydroxylation sites is 2. The Morgan fingerprint density at radius 1 is 1.33 bits per heavy atom. The van der Waals surface area contributed by atoms with Crippen LogP contribution in [0.15, 0.2) is 41.2 Å². The minimum Gasteiger partial charge on any atom is -0.477 e. The number of benzene rings is 1. The SMILES string of the molecule is Cn1ccnc1-c1noc(C2CNc3ccccc3O2)n1. The monoisotopic (exact) mass is 283 g/mol. The lowest BCUT2D eigenvalue weighted by Crippen LogP contribution is -2.23. The largest absolute Gasteiger partial charge is 0.477 e. The van der Waals surface area contributed by atoms with Gasteiger partial charge in [0.2, 0.25) is 5.82 Å². The topological polar surface area (TPSA) is 78.0 Å². The molecule has 1 aromatic carbocycles. The summed E-state index contributed by atoms with van der Waals surface area (Å²) in [6, 6.07) is 7.76. The number of hydrogen-bond acceptors (Lipinski definition) is 6. The Balaban J connectivity index is 1.61. The summed E-state index contributed by atoms with van der Waals surface area (Å²) in [7, 11) is 1.88. The molecule has 1 unspecified atom stereocenters. The maximum Gasteiger partial charge on any atom is 0.269 e. The van der Waals surface area contributed by atoms with Crippen LogP contribution in [-0.2, 0) is 7.05 Å². The molecular weight excluding hydrogens is 270 g/mol. The van der Waals surface area contributed by atoms with Gasteiger partial charge in [0, 0.05) is 19.4 Å².